The number of nitrogens with one attached hydrogen (secondary N) is 2. The molecule has 0 saturated carbocycles. The Hall–Kier alpha value is -1.88. The first kappa shape index (κ1) is 15.6. The molecule has 2 saturated heterocycles. The first-order valence-electron chi connectivity index (χ1n) is 8.99. The minimum absolute atomic E-state index is 0.270. The lowest BCUT2D eigenvalue weighted by Crippen LogP contribution is -2.50. The number of rotatable bonds is 2. The number of carbonyl (C=O) groups is 1. The Morgan fingerprint density at radius 3 is 2.71 bits per heavy atom. The molecule has 4 rings (SSSR count). The molecule has 3 heterocycles. The zero-order valence-electron chi connectivity index (χ0n) is 14.6. The highest BCUT2D eigenvalue weighted by atomic mass is 16.2. The molecule has 1 aromatic carbocycles. The number of piperidine rings is 2. The SMILES string of the molecule is Cc1cc2nc(CN3CC4(CCNCC4)CCC3=O)[nH]c2cc1C. The van der Waals surface area contributed by atoms with Crippen molar-refractivity contribution >= 4 is 16.9 Å². The average molecular weight is 326 g/mol. The molecule has 2 aliphatic rings. The number of aromatic nitrogens is 2. The molecule has 5 heteroatoms. The molecular weight excluding hydrogens is 300 g/mol. The standard InChI is InChI=1S/C19H26N4O/c1-13-9-15-16(10-14(13)2)22-17(21-15)11-23-12-19(4-3-18(23)24)5-7-20-8-6-19/h9-10,20H,3-8,11-12H2,1-2H3,(H,21,22). The third-order valence-corrected chi connectivity index (χ3v) is 5.90. The van der Waals surface area contributed by atoms with Gasteiger partial charge in [0, 0.05) is 13.0 Å². The van der Waals surface area contributed by atoms with Gasteiger partial charge >= 0.3 is 0 Å². The maximum Gasteiger partial charge on any atom is 0.223 e. The molecule has 0 bridgehead atoms. The monoisotopic (exact) mass is 326 g/mol. The summed E-state index contributed by atoms with van der Waals surface area (Å²) in [5.41, 5.74) is 4.89. The highest BCUT2D eigenvalue weighted by molar-refractivity contribution is 5.78. The van der Waals surface area contributed by atoms with Crippen molar-refractivity contribution in [1.82, 2.24) is 20.2 Å². The van der Waals surface area contributed by atoms with Crippen LogP contribution in [0.2, 0.25) is 0 Å². The van der Waals surface area contributed by atoms with E-state index in [4.69, 9.17) is 4.98 Å². The van der Waals surface area contributed by atoms with Gasteiger partial charge in [-0.15, -0.1) is 0 Å². The van der Waals surface area contributed by atoms with E-state index >= 15 is 0 Å². The molecule has 24 heavy (non-hydrogen) atoms. The summed E-state index contributed by atoms with van der Waals surface area (Å²) in [6.45, 7) is 7.85. The average Bonchev–Trinajstić information content (AvgIpc) is 2.94. The Morgan fingerprint density at radius 1 is 1.17 bits per heavy atom. The predicted octanol–water partition coefficient (Wildman–Crippen LogP) is 2.67. The van der Waals surface area contributed by atoms with Gasteiger partial charge < -0.3 is 15.2 Å². The van der Waals surface area contributed by atoms with Gasteiger partial charge in [-0.1, -0.05) is 0 Å². The van der Waals surface area contributed by atoms with Crippen molar-refractivity contribution in [1.29, 1.82) is 0 Å². The number of hydrogen-bond donors (Lipinski definition) is 2. The molecule has 1 spiro atoms. The lowest BCUT2D eigenvalue weighted by atomic mass is 9.73. The summed E-state index contributed by atoms with van der Waals surface area (Å²) >= 11 is 0. The van der Waals surface area contributed by atoms with Crippen LogP contribution in [0.15, 0.2) is 12.1 Å². The summed E-state index contributed by atoms with van der Waals surface area (Å²) in [6, 6.07) is 4.27. The van der Waals surface area contributed by atoms with E-state index in [0.717, 1.165) is 42.9 Å². The van der Waals surface area contributed by atoms with Gasteiger partial charge in [-0.05, 0) is 74.9 Å². The molecule has 128 valence electrons. The second-order valence-electron chi connectivity index (χ2n) is 7.64. The lowest BCUT2D eigenvalue weighted by Gasteiger charge is -2.45. The van der Waals surface area contributed by atoms with E-state index in [9.17, 15) is 4.79 Å². The van der Waals surface area contributed by atoms with Crippen molar-refractivity contribution in [2.45, 2.75) is 46.1 Å². The fraction of sp³-hybridized carbons (Fsp3) is 0.579. The van der Waals surface area contributed by atoms with Gasteiger partial charge in [-0.2, -0.15) is 0 Å². The molecule has 2 aliphatic heterocycles. The summed E-state index contributed by atoms with van der Waals surface area (Å²) in [5, 5.41) is 3.44. The first-order chi connectivity index (χ1) is 11.5. The van der Waals surface area contributed by atoms with Crippen LogP contribution >= 0.6 is 0 Å². The van der Waals surface area contributed by atoms with Crippen molar-refractivity contribution in [3.63, 3.8) is 0 Å². The number of fused-ring (bicyclic) bond motifs is 1. The number of hydrogen-bond acceptors (Lipinski definition) is 3. The predicted molar refractivity (Wildman–Crippen MR) is 94.8 cm³/mol. The molecule has 0 aliphatic carbocycles. The Morgan fingerprint density at radius 2 is 1.92 bits per heavy atom. The van der Waals surface area contributed by atoms with Crippen LogP contribution < -0.4 is 5.32 Å². The maximum absolute atomic E-state index is 12.4. The summed E-state index contributed by atoms with van der Waals surface area (Å²) in [4.78, 5) is 22.6. The van der Waals surface area contributed by atoms with Gasteiger partial charge in [0.1, 0.15) is 5.82 Å². The number of likely N-dealkylation sites (tertiary alicyclic amines) is 1. The highest BCUT2D eigenvalue weighted by Gasteiger charge is 2.39. The number of imidazole rings is 1. The van der Waals surface area contributed by atoms with Crippen molar-refractivity contribution in [3.8, 4) is 0 Å². The molecule has 0 radical (unpaired) electrons. The van der Waals surface area contributed by atoms with Crippen LogP contribution in [0.1, 0.15) is 42.6 Å². The molecule has 1 aromatic heterocycles. The zero-order chi connectivity index (χ0) is 16.7. The molecule has 2 aromatic rings. The molecule has 1 amide bonds. The minimum atomic E-state index is 0.270. The minimum Gasteiger partial charge on any atom is -0.340 e. The van der Waals surface area contributed by atoms with Gasteiger partial charge in [0.05, 0.1) is 17.6 Å². The number of H-pyrrole nitrogens is 1. The molecule has 0 unspecified atom stereocenters. The van der Waals surface area contributed by atoms with Gasteiger partial charge in [-0.25, -0.2) is 4.98 Å². The molecule has 2 fully saturated rings. The van der Waals surface area contributed by atoms with E-state index in [1.807, 2.05) is 4.90 Å². The van der Waals surface area contributed by atoms with Gasteiger partial charge in [-0.3, -0.25) is 4.79 Å². The summed E-state index contributed by atoms with van der Waals surface area (Å²) < 4.78 is 0. The number of benzene rings is 1. The topological polar surface area (TPSA) is 61.0 Å². The fourth-order valence-electron chi connectivity index (χ4n) is 4.19. The Balaban J connectivity index is 1.56. The molecule has 2 N–H and O–H groups in total. The van der Waals surface area contributed by atoms with E-state index in [1.54, 1.807) is 0 Å². The summed E-state index contributed by atoms with van der Waals surface area (Å²) in [6.07, 6.45) is 4.07. The van der Waals surface area contributed by atoms with E-state index in [0.29, 0.717) is 18.4 Å². The summed E-state index contributed by atoms with van der Waals surface area (Å²) in [5.74, 6) is 1.17. The second-order valence-corrected chi connectivity index (χ2v) is 7.64. The number of aromatic amines is 1. The number of nitrogens with zero attached hydrogens (tertiary/aromatic N) is 2. The van der Waals surface area contributed by atoms with Crippen LogP contribution in [0.3, 0.4) is 0 Å². The lowest BCUT2D eigenvalue weighted by molar-refractivity contribution is -0.139. The maximum atomic E-state index is 12.4. The Labute approximate surface area is 142 Å². The fourth-order valence-corrected chi connectivity index (χ4v) is 4.19. The summed E-state index contributed by atoms with van der Waals surface area (Å²) in [7, 11) is 0. The van der Waals surface area contributed by atoms with Crippen molar-refractivity contribution in [2.24, 2.45) is 5.41 Å². The largest absolute Gasteiger partial charge is 0.340 e. The Bertz CT molecular complexity index is 734. The van der Waals surface area contributed by atoms with Crippen LogP contribution in [0.5, 0.6) is 0 Å². The molecule has 0 atom stereocenters. The van der Waals surface area contributed by atoms with Crippen LogP contribution in [-0.4, -0.2) is 40.4 Å². The van der Waals surface area contributed by atoms with Crippen molar-refractivity contribution in [3.05, 3.63) is 29.1 Å². The quantitative estimate of drug-likeness (QED) is 0.892. The van der Waals surface area contributed by atoms with Crippen LogP contribution in [0.25, 0.3) is 11.0 Å². The zero-order valence-corrected chi connectivity index (χ0v) is 14.6. The number of amides is 1. The van der Waals surface area contributed by atoms with E-state index in [2.05, 4.69) is 36.3 Å². The molecular formula is C19H26N4O. The third kappa shape index (κ3) is 2.81. The smallest absolute Gasteiger partial charge is 0.223 e. The van der Waals surface area contributed by atoms with Crippen molar-refractivity contribution in [2.75, 3.05) is 19.6 Å². The van der Waals surface area contributed by atoms with E-state index in [-0.39, 0.29) is 5.91 Å². The van der Waals surface area contributed by atoms with Gasteiger partial charge in [0.2, 0.25) is 5.91 Å². The van der Waals surface area contributed by atoms with Gasteiger partial charge in [0.25, 0.3) is 0 Å². The van der Waals surface area contributed by atoms with Crippen molar-refractivity contribution < 1.29 is 4.79 Å². The van der Waals surface area contributed by atoms with Crippen LogP contribution in [0, 0.1) is 19.3 Å². The van der Waals surface area contributed by atoms with Crippen LogP contribution in [0.4, 0.5) is 0 Å². The number of carbonyl (C=O) groups excluding carboxylic acids is 1. The third-order valence-electron chi connectivity index (χ3n) is 5.90. The number of aryl methyl sites for hydroxylation is 2. The van der Waals surface area contributed by atoms with Crippen LogP contribution in [-0.2, 0) is 11.3 Å². The first-order valence-corrected chi connectivity index (χ1v) is 8.99. The normalized spacial score (nSPS) is 20.9. The highest BCUT2D eigenvalue weighted by Crippen LogP contribution is 2.38. The Kier molecular flexibility index (Phi) is 3.83. The van der Waals surface area contributed by atoms with E-state index in [1.165, 1.54) is 24.0 Å². The van der Waals surface area contributed by atoms with E-state index < -0.39 is 0 Å². The molecule has 5 nitrogen and oxygen atoms in total. The van der Waals surface area contributed by atoms with Gasteiger partial charge in [0.15, 0.2) is 0 Å². The second kappa shape index (κ2) is 5.88.